The molecular formula is C18H19ClF2N3O3+. The highest BCUT2D eigenvalue weighted by atomic mass is 35.5. The van der Waals surface area contributed by atoms with Crippen LogP contribution < -0.4 is 20.3 Å². The van der Waals surface area contributed by atoms with Crippen molar-refractivity contribution in [1.29, 1.82) is 0 Å². The molecule has 2 rings (SSSR count). The van der Waals surface area contributed by atoms with Crippen molar-refractivity contribution in [3.8, 4) is 5.75 Å². The van der Waals surface area contributed by atoms with Crippen LogP contribution in [0.4, 0.5) is 20.2 Å². The van der Waals surface area contributed by atoms with Crippen LogP contribution in [0.2, 0.25) is 5.02 Å². The van der Waals surface area contributed by atoms with Crippen LogP contribution >= 0.6 is 11.6 Å². The third-order valence-corrected chi connectivity index (χ3v) is 3.68. The Morgan fingerprint density at radius 1 is 1.04 bits per heavy atom. The number of anilines is 2. The van der Waals surface area contributed by atoms with Gasteiger partial charge in [-0.1, -0.05) is 23.7 Å². The molecule has 6 nitrogen and oxygen atoms in total. The quantitative estimate of drug-likeness (QED) is 0.637. The van der Waals surface area contributed by atoms with Crippen molar-refractivity contribution in [3.63, 3.8) is 0 Å². The van der Waals surface area contributed by atoms with Gasteiger partial charge in [0, 0.05) is 10.7 Å². The molecule has 0 aliphatic carbocycles. The van der Waals surface area contributed by atoms with Crippen LogP contribution in [0.5, 0.6) is 5.75 Å². The number of nitrogens with one attached hydrogen (secondary N) is 3. The van der Waals surface area contributed by atoms with Gasteiger partial charge in [-0.3, -0.25) is 9.59 Å². The molecule has 2 aromatic rings. The summed E-state index contributed by atoms with van der Waals surface area (Å²) in [5.41, 5.74) is 0.737. The number of amides is 2. The lowest BCUT2D eigenvalue weighted by Crippen LogP contribution is -3.11. The van der Waals surface area contributed by atoms with Gasteiger partial charge in [0.05, 0.1) is 12.7 Å². The van der Waals surface area contributed by atoms with Crippen molar-refractivity contribution in [2.24, 2.45) is 0 Å². The molecule has 0 fully saturated rings. The summed E-state index contributed by atoms with van der Waals surface area (Å²) in [5, 5.41) is 5.77. The van der Waals surface area contributed by atoms with E-state index in [1.165, 1.54) is 18.2 Å². The number of halogens is 3. The third kappa shape index (κ3) is 7.20. The monoisotopic (exact) mass is 398 g/mol. The lowest BCUT2D eigenvalue weighted by atomic mass is 10.3. The van der Waals surface area contributed by atoms with E-state index in [1.807, 2.05) is 0 Å². The number of carbonyl (C=O) groups is 2. The fraction of sp³-hybridized carbons (Fsp3) is 0.222. The molecule has 0 radical (unpaired) electrons. The first-order chi connectivity index (χ1) is 12.8. The number of likely N-dealkylation sites (N-methyl/N-ethyl adjacent to an activating group) is 1. The topological polar surface area (TPSA) is 71.9 Å². The molecule has 0 saturated heterocycles. The second kappa shape index (κ2) is 9.84. The van der Waals surface area contributed by atoms with E-state index in [9.17, 15) is 18.4 Å². The minimum Gasteiger partial charge on any atom is -0.433 e. The van der Waals surface area contributed by atoms with Gasteiger partial charge in [0.25, 0.3) is 11.8 Å². The summed E-state index contributed by atoms with van der Waals surface area (Å²) in [6.45, 7) is -2.98. The summed E-state index contributed by atoms with van der Waals surface area (Å²) in [6.07, 6.45) is 0. The summed E-state index contributed by atoms with van der Waals surface area (Å²) < 4.78 is 29.2. The Bertz CT molecular complexity index is 788. The Labute approximate surface area is 160 Å². The number of carbonyl (C=O) groups excluding carboxylic acids is 2. The third-order valence-electron chi connectivity index (χ3n) is 3.43. The lowest BCUT2D eigenvalue weighted by Gasteiger charge is -2.15. The molecule has 1 unspecified atom stereocenters. The van der Waals surface area contributed by atoms with Crippen LogP contribution in [-0.4, -0.2) is 38.6 Å². The van der Waals surface area contributed by atoms with Crippen molar-refractivity contribution >= 4 is 34.8 Å². The predicted molar refractivity (Wildman–Crippen MR) is 98.4 cm³/mol. The second-order valence-electron chi connectivity index (χ2n) is 5.79. The highest BCUT2D eigenvalue weighted by molar-refractivity contribution is 6.30. The predicted octanol–water partition coefficient (Wildman–Crippen LogP) is 2.03. The Morgan fingerprint density at radius 2 is 1.63 bits per heavy atom. The molecular weight excluding hydrogens is 380 g/mol. The second-order valence-corrected chi connectivity index (χ2v) is 6.23. The van der Waals surface area contributed by atoms with Crippen LogP contribution in [0.15, 0.2) is 48.5 Å². The van der Waals surface area contributed by atoms with Gasteiger partial charge >= 0.3 is 6.61 Å². The number of hydrogen-bond acceptors (Lipinski definition) is 3. The number of alkyl halides is 2. The molecule has 27 heavy (non-hydrogen) atoms. The maximum absolute atomic E-state index is 12.4. The Morgan fingerprint density at radius 3 is 2.26 bits per heavy atom. The zero-order chi connectivity index (χ0) is 19.8. The van der Waals surface area contributed by atoms with E-state index in [0.29, 0.717) is 15.6 Å². The molecule has 1 atom stereocenters. The van der Waals surface area contributed by atoms with E-state index >= 15 is 0 Å². The van der Waals surface area contributed by atoms with Gasteiger partial charge in [0.15, 0.2) is 13.1 Å². The van der Waals surface area contributed by atoms with Crippen molar-refractivity contribution in [1.82, 2.24) is 0 Å². The van der Waals surface area contributed by atoms with Gasteiger partial charge in [-0.25, -0.2) is 0 Å². The Kier molecular flexibility index (Phi) is 7.51. The minimum absolute atomic E-state index is 0.0307. The molecule has 0 aromatic heterocycles. The normalized spacial score (nSPS) is 11.7. The number of ether oxygens (including phenoxy) is 1. The summed E-state index contributed by atoms with van der Waals surface area (Å²) in [7, 11) is 1.67. The van der Waals surface area contributed by atoms with E-state index in [1.54, 1.807) is 37.4 Å². The number of quaternary nitrogens is 1. The minimum atomic E-state index is -2.99. The average molecular weight is 399 g/mol. The summed E-state index contributed by atoms with van der Waals surface area (Å²) in [6, 6.07) is 12.5. The molecule has 0 aliphatic heterocycles. The van der Waals surface area contributed by atoms with E-state index in [0.717, 1.165) is 0 Å². The van der Waals surface area contributed by atoms with E-state index in [2.05, 4.69) is 15.4 Å². The van der Waals surface area contributed by atoms with Gasteiger partial charge in [0.1, 0.15) is 5.75 Å². The van der Waals surface area contributed by atoms with Crippen molar-refractivity contribution in [2.75, 3.05) is 30.8 Å². The van der Waals surface area contributed by atoms with Gasteiger partial charge in [-0.05, 0) is 36.4 Å². The van der Waals surface area contributed by atoms with Crippen LogP contribution in [0, 0.1) is 0 Å². The Hall–Kier alpha value is -2.71. The number of para-hydroxylation sites is 2. The van der Waals surface area contributed by atoms with Gasteiger partial charge in [-0.2, -0.15) is 8.78 Å². The Balaban J connectivity index is 1.85. The standard InChI is InChI=1S/C18H18ClF2N3O3/c1-24(10-16(25)22-13-8-6-12(19)7-9-13)11-17(26)23-14-4-2-3-5-15(14)27-18(20)21/h2-9,18H,10-11H2,1H3,(H,22,25)(H,23,26)/p+1. The van der Waals surface area contributed by atoms with E-state index in [4.69, 9.17) is 11.6 Å². The van der Waals surface area contributed by atoms with Crippen molar-refractivity contribution in [2.45, 2.75) is 6.61 Å². The maximum atomic E-state index is 12.4. The van der Waals surface area contributed by atoms with E-state index < -0.39 is 12.5 Å². The molecule has 2 aromatic carbocycles. The number of rotatable bonds is 8. The summed E-state index contributed by atoms with van der Waals surface area (Å²) in [4.78, 5) is 24.8. The zero-order valence-corrected chi connectivity index (χ0v) is 15.2. The molecule has 0 heterocycles. The van der Waals surface area contributed by atoms with Crippen molar-refractivity contribution in [3.05, 3.63) is 53.6 Å². The van der Waals surface area contributed by atoms with Gasteiger partial charge in [-0.15, -0.1) is 0 Å². The zero-order valence-electron chi connectivity index (χ0n) is 14.5. The lowest BCUT2D eigenvalue weighted by molar-refractivity contribution is -0.862. The van der Waals surface area contributed by atoms with Crippen LogP contribution in [0.3, 0.4) is 0 Å². The van der Waals surface area contributed by atoms with Crippen LogP contribution in [0.1, 0.15) is 0 Å². The smallest absolute Gasteiger partial charge is 0.387 e. The summed E-state index contributed by atoms with van der Waals surface area (Å²) in [5.74, 6) is -0.833. The number of benzene rings is 2. The molecule has 9 heteroatoms. The van der Waals surface area contributed by atoms with Crippen LogP contribution in [-0.2, 0) is 9.59 Å². The number of hydrogen-bond donors (Lipinski definition) is 3. The molecule has 3 N–H and O–H groups in total. The fourth-order valence-corrected chi connectivity index (χ4v) is 2.44. The highest BCUT2D eigenvalue weighted by Gasteiger charge is 2.16. The first kappa shape index (κ1) is 20.6. The molecule has 0 saturated carbocycles. The first-order valence-electron chi connectivity index (χ1n) is 8.04. The summed E-state index contributed by atoms with van der Waals surface area (Å²) >= 11 is 5.78. The van der Waals surface area contributed by atoms with Crippen LogP contribution in [0.25, 0.3) is 0 Å². The van der Waals surface area contributed by atoms with E-state index in [-0.39, 0.29) is 30.4 Å². The van der Waals surface area contributed by atoms with Gasteiger partial charge < -0.3 is 20.3 Å². The molecule has 2 amide bonds. The molecule has 0 aliphatic rings. The fourth-order valence-electron chi connectivity index (χ4n) is 2.31. The highest BCUT2D eigenvalue weighted by Crippen LogP contribution is 2.25. The van der Waals surface area contributed by atoms with Gasteiger partial charge in [0.2, 0.25) is 0 Å². The average Bonchev–Trinajstić information content (AvgIpc) is 2.58. The molecule has 0 bridgehead atoms. The van der Waals surface area contributed by atoms with Crippen molar-refractivity contribution < 1.29 is 28.0 Å². The first-order valence-corrected chi connectivity index (χ1v) is 8.41. The molecule has 0 spiro atoms. The largest absolute Gasteiger partial charge is 0.433 e. The SMILES string of the molecule is C[NH+](CC(=O)Nc1ccc(Cl)cc1)CC(=O)Nc1ccccc1OC(F)F. The molecule has 144 valence electrons. The maximum Gasteiger partial charge on any atom is 0.387 e.